The number of hydrogen-bond donors (Lipinski definition) is 0. The molecule has 0 fully saturated rings. The zero-order chi connectivity index (χ0) is 12.8. The van der Waals surface area contributed by atoms with Gasteiger partial charge in [0.15, 0.2) is 0 Å². The second-order valence-electron chi connectivity index (χ2n) is 3.62. The standard InChI is InChI=1S/C12H16BrN3O/c1-3-15(7-5-6-14)12(17)11-8-10(13)9-16(11)4-2/h8-9H,3-5,7H2,1-2H3. The van der Waals surface area contributed by atoms with Crippen LogP contribution in [0.1, 0.15) is 30.8 Å². The van der Waals surface area contributed by atoms with Crippen LogP contribution in [0.4, 0.5) is 0 Å². The van der Waals surface area contributed by atoms with Gasteiger partial charge in [-0.15, -0.1) is 0 Å². The van der Waals surface area contributed by atoms with Gasteiger partial charge in [0, 0.05) is 30.3 Å². The highest BCUT2D eigenvalue weighted by Crippen LogP contribution is 2.16. The molecule has 1 heterocycles. The van der Waals surface area contributed by atoms with Crippen molar-refractivity contribution in [3.63, 3.8) is 0 Å². The number of carbonyl (C=O) groups is 1. The number of nitrogens with zero attached hydrogens (tertiary/aromatic N) is 3. The Balaban J connectivity index is 2.89. The van der Waals surface area contributed by atoms with Crippen molar-refractivity contribution in [3.8, 4) is 6.07 Å². The van der Waals surface area contributed by atoms with E-state index in [9.17, 15) is 4.79 Å². The lowest BCUT2D eigenvalue weighted by atomic mass is 10.3. The van der Waals surface area contributed by atoms with Crippen LogP contribution in [-0.4, -0.2) is 28.5 Å². The van der Waals surface area contributed by atoms with Crippen LogP contribution >= 0.6 is 15.9 Å². The smallest absolute Gasteiger partial charge is 0.270 e. The molecule has 0 radical (unpaired) electrons. The highest BCUT2D eigenvalue weighted by Gasteiger charge is 2.17. The van der Waals surface area contributed by atoms with E-state index in [0.717, 1.165) is 11.0 Å². The van der Waals surface area contributed by atoms with E-state index in [1.54, 1.807) is 4.90 Å². The highest BCUT2D eigenvalue weighted by atomic mass is 79.9. The number of rotatable bonds is 5. The molecular weight excluding hydrogens is 282 g/mol. The zero-order valence-corrected chi connectivity index (χ0v) is 11.7. The van der Waals surface area contributed by atoms with Crippen molar-refractivity contribution in [2.24, 2.45) is 0 Å². The molecule has 1 amide bonds. The van der Waals surface area contributed by atoms with Crippen LogP contribution in [0, 0.1) is 11.3 Å². The number of nitriles is 1. The fraction of sp³-hybridized carbons (Fsp3) is 0.500. The molecule has 0 N–H and O–H groups in total. The van der Waals surface area contributed by atoms with Crippen LogP contribution < -0.4 is 0 Å². The van der Waals surface area contributed by atoms with E-state index < -0.39 is 0 Å². The monoisotopic (exact) mass is 297 g/mol. The normalized spacial score (nSPS) is 10.0. The van der Waals surface area contributed by atoms with Gasteiger partial charge >= 0.3 is 0 Å². The van der Waals surface area contributed by atoms with Gasteiger partial charge in [-0.05, 0) is 35.8 Å². The Morgan fingerprint density at radius 3 is 2.82 bits per heavy atom. The van der Waals surface area contributed by atoms with E-state index in [4.69, 9.17) is 5.26 Å². The molecule has 1 rings (SSSR count). The topological polar surface area (TPSA) is 49.0 Å². The van der Waals surface area contributed by atoms with Gasteiger partial charge in [0.2, 0.25) is 0 Å². The zero-order valence-electron chi connectivity index (χ0n) is 10.1. The third kappa shape index (κ3) is 3.34. The minimum Gasteiger partial charge on any atom is -0.343 e. The average molecular weight is 298 g/mol. The van der Waals surface area contributed by atoms with Gasteiger partial charge in [-0.25, -0.2) is 0 Å². The summed E-state index contributed by atoms with van der Waals surface area (Å²) in [5.41, 5.74) is 0.666. The van der Waals surface area contributed by atoms with E-state index in [0.29, 0.717) is 25.2 Å². The molecule has 0 aromatic carbocycles. The molecule has 4 nitrogen and oxygen atoms in total. The van der Waals surface area contributed by atoms with Crippen molar-refractivity contribution in [2.75, 3.05) is 13.1 Å². The fourth-order valence-corrected chi connectivity index (χ4v) is 2.13. The first-order chi connectivity index (χ1) is 8.13. The average Bonchev–Trinajstić information content (AvgIpc) is 2.71. The Hall–Kier alpha value is -1.28. The summed E-state index contributed by atoms with van der Waals surface area (Å²) < 4.78 is 2.81. The van der Waals surface area contributed by atoms with Crippen molar-refractivity contribution in [1.29, 1.82) is 5.26 Å². The maximum absolute atomic E-state index is 12.2. The molecular formula is C12H16BrN3O. The van der Waals surface area contributed by atoms with Gasteiger partial charge in [-0.3, -0.25) is 4.79 Å². The van der Waals surface area contributed by atoms with Gasteiger partial charge in [0.1, 0.15) is 5.69 Å². The van der Waals surface area contributed by atoms with Gasteiger partial charge in [-0.1, -0.05) is 0 Å². The number of amides is 1. The van der Waals surface area contributed by atoms with Crippen LogP contribution in [0.2, 0.25) is 0 Å². The Bertz CT molecular complexity index is 433. The van der Waals surface area contributed by atoms with Crippen LogP contribution in [0.15, 0.2) is 16.7 Å². The van der Waals surface area contributed by atoms with E-state index in [1.807, 2.05) is 30.7 Å². The molecule has 0 aliphatic rings. The second-order valence-corrected chi connectivity index (χ2v) is 4.54. The molecule has 0 atom stereocenters. The van der Waals surface area contributed by atoms with E-state index >= 15 is 0 Å². The lowest BCUT2D eigenvalue weighted by Crippen LogP contribution is -2.33. The molecule has 0 saturated carbocycles. The Morgan fingerprint density at radius 2 is 2.29 bits per heavy atom. The highest BCUT2D eigenvalue weighted by molar-refractivity contribution is 9.10. The fourth-order valence-electron chi connectivity index (χ4n) is 1.67. The van der Waals surface area contributed by atoms with E-state index in [2.05, 4.69) is 22.0 Å². The number of aromatic nitrogens is 1. The maximum Gasteiger partial charge on any atom is 0.270 e. The molecule has 92 valence electrons. The summed E-state index contributed by atoms with van der Waals surface area (Å²) in [5.74, 6) is -0.0182. The summed E-state index contributed by atoms with van der Waals surface area (Å²) in [7, 11) is 0. The Morgan fingerprint density at radius 1 is 1.59 bits per heavy atom. The summed E-state index contributed by atoms with van der Waals surface area (Å²) in [4.78, 5) is 13.9. The molecule has 0 saturated heterocycles. The minimum absolute atomic E-state index is 0.0182. The molecule has 5 heteroatoms. The number of hydrogen-bond acceptors (Lipinski definition) is 2. The SMILES string of the molecule is CCN(CCC#N)C(=O)c1cc(Br)cn1CC. The summed E-state index contributed by atoms with van der Waals surface area (Å²) in [5, 5.41) is 8.57. The van der Waals surface area contributed by atoms with Crippen molar-refractivity contribution < 1.29 is 4.79 Å². The van der Waals surface area contributed by atoms with Crippen molar-refractivity contribution in [3.05, 3.63) is 22.4 Å². The molecule has 0 aliphatic heterocycles. The Kier molecular flexibility index (Phi) is 5.23. The predicted octanol–water partition coefficient (Wildman–Crippen LogP) is 2.65. The molecule has 0 unspecified atom stereocenters. The first kappa shape index (κ1) is 13.8. The summed E-state index contributed by atoms with van der Waals surface area (Å²) in [6, 6.07) is 3.88. The van der Waals surface area contributed by atoms with Crippen LogP contribution in [0.25, 0.3) is 0 Å². The Labute approximate surface area is 110 Å². The lowest BCUT2D eigenvalue weighted by Gasteiger charge is -2.20. The molecule has 0 spiro atoms. The summed E-state index contributed by atoms with van der Waals surface area (Å²) in [6.07, 6.45) is 2.26. The van der Waals surface area contributed by atoms with Gasteiger partial charge in [-0.2, -0.15) is 5.26 Å². The molecule has 0 aliphatic carbocycles. The molecule has 1 aromatic heterocycles. The number of halogens is 1. The quantitative estimate of drug-likeness (QED) is 0.839. The van der Waals surface area contributed by atoms with Gasteiger partial charge < -0.3 is 9.47 Å². The molecule has 17 heavy (non-hydrogen) atoms. The second kappa shape index (κ2) is 6.45. The van der Waals surface area contributed by atoms with Crippen LogP contribution in [0.3, 0.4) is 0 Å². The lowest BCUT2D eigenvalue weighted by molar-refractivity contribution is 0.0757. The van der Waals surface area contributed by atoms with Crippen molar-refractivity contribution >= 4 is 21.8 Å². The van der Waals surface area contributed by atoms with Crippen molar-refractivity contribution in [1.82, 2.24) is 9.47 Å². The first-order valence-electron chi connectivity index (χ1n) is 5.65. The number of carbonyl (C=O) groups excluding carboxylic acids is 1. The maximum atomic E-state index is 12.2. The van der Waals surface area contributed by atoms with Gasteiger partial charge in [0.05, 0.1) is 12.5 Å². The van der Waals surface area contributed by atoms with Crippen LogP contribution in [-0.2, 0) is 6.54 Å². The minimum atomic E-state index is -0.0182. The van der Waals surface area contributed by atoms with Crippen LogP contribution in [0.5, 0.6) is 0 Å². The third-order valence-electron chi connectivity index (χ3n) is 2.59. The van der Waals surface area contributed by atoms with Crippen molar-refractivity contribution in [2.45, 2.75) is 26.8 Å². The summed E-state index contributed by atoms with van der Waals surface area (Å²) in [6.45, 7) is 5.77. The van der Waals surface area contributed by atoms with E-state index in [1.165, 1.54) is 0 Å². The van der Waals surface area contributed by atoms with E-state index in [-0.39, 0.29) is 5.91 Å². The number of aryl methyl sites for hydroxylation is 1. The predicted molar refractivity (Wildman–Crippen MR) is 69.6 cm³/mol. The largest absolute Gasteiger partial charge is 0.343 e. The first-order valence-corrected chi connectivity index (χ1v) is 6.45. The summed E-state index contributed by atoms with van der Waals surface area (Å²) >= 11 is 3.37. The molecule has 1 aromatic rings. The van der Waals surface area contributed by atoms with Gasteiger partial charge in [0.25, 0.3) is 5.91 Å². The third-order valence-corrected chi connectivity index (χ3v) is 3.02. The molecule has 0 bridgehead atoms.